The molecule has 0 unspecified atom stereocenters. The second kappa shape index (κ2) is 10.6. The molecule has 142 valence electrons. The lowest BCUT2D eigenvalue weighted by Gasteiger charge is -2.28. The van der Waals surface area contributed by atoms with Gasteiger partial charge in [0.15, 0.2) is 11.5 Å². The monoisotopic (exact) mass is 354 g/mol. The Hall–Kier alpha value is -1.32. The smallest absolute Gasteiger partial charge is 0.204 e. The zero-order valence-corrected chi connectivity index (χ0v) is 15.7. The van der Waals surface area contributed by atoms with E-state index in [0.717, 1.165) is 31.6 Å². The van der Waals surface area contributed by atoms with Gasteiger partial charge in [0.05, 0.1) is 13.2 Å². The maximum absolute atomic E-state index is 14.1. The van der Waals surface area contributed by atoms with Crippen molar-refractivity contribution in [2.24, 2.45) is 11.8 Å². The molecule has 0 spiro atoms. The Morgan fingerprint density at radius 3 is 2.00 bits per heavy atom. The van der Waals surface area contributed by atoms with Crippen molar-refractivity contribution in [2.45, 2.75) is 71.6 Å². The number of rotatable bonds is 10. The molecule has 1 saturated carbocycles. The van der Waals surface area contributed by atoms with E-state index in [1.54, 1.807) is 0 Å². The van der Waals surface area contributed by atoms with Crippen LogP contribution < -0.4 is 9.47 Å². The molecule has 1 fully saturated rings. The van der Waals surface area contributed by atoms with Gasteiger partial charge in [0.2, 0.25) is 11.6 Å². The molecule has 0 N–H and O–H groups in total. The molecule has 1 aromatic carbocycles. The summed E-state index contributed by atoms with van der Waals surface area (Å²) in [5.74, 6) is -0.642. The summed E-state index contributed by atoms with van der Waals surface area (Å²) >= 11 is 0. The average Bonchev–Trinajstić information content (AvgIpc) is 2.64. The van der Waals surface area contributed by atoms with Crippen LogP contribution in [0.4, 0.5) is 8.78 Å². The van der Waals surface area contributed by atoms with Gasteiger partial charge >= 0.3 is 0 Å². The summed E-state index contributed by atoms with van der Waals surface area (Å²) in [7, 11) is 0. The number of hydrogen-bond acceptors (Lipinski definition) is 2. The zero-order chi connectivity index (χ0) is 18.1. The van der Waals surface area contributed by atoms with Crippen LogP contribution in [-0.2, 0) is 0 Å². The highest BCUT2D eigenvalue weighted by atomic mass is 19.2. The molecule has 0 aliphatic heterocycles. The number of ether oxygens (including phenoxy) is 2. The molecule has 0 bridgehead atoms. The second-order valence-corrected chi connectivity index (χ2v) is 7.23. The van der Waals surface area contributed by atoms with Gasteiger partial charge in [-0.2, -0.15) is 8.78 Å². The van der Waals surface area contributed by atoms with Crippen molar-refractivity contribution < 1.29 is 18.3 Å². The quantitative estimate of drug-likeness (QED) is 0.445. The third kappa shape index (κ3) is 6.16. The van der Waals surface area contributed by atoms with E-state index in [-0.39, 0.29) is 11.5 Å². The average molecular weight is 354 g/mol. The molecule has 0 amide bonds. The van der Waals surface area contributed by atoms with Gasteiger partial charge in [0.25, 0.3) is 0 Å². The van der Waals surface area contributed by atoms with Crippen LogP contribution in [-0.4, -0.2) is 13.2 Å². The van der Waals surface area contributed by atoms with Crippen LogP contribution in [0.5, 0.6) is 11.5 Å². The molecule has 0 heterocycles. The van der Waals surface area contributed by atoms with Gasteiger partial charge in [-0.1, -0.05) is 52.4 Å². The van der Waals surface area contributed by atoms with E-state index < -0.39 is 11.6 Å². The Kier molecular flexibility index (Phi) is 8.50. The highest BCUT2D eigenvalue weighted by Crippen LogP contribution is 2.33. The lowest BCUT2D eigenvalue weighted by atomic mass is 9.80. The number of hydrogen-bond donors (Lipinski definition) is 0. The fourth-order valence-electron chi connectivity index (χ4n) is 3.45. The van der Waals surface area contributed by atoms with Crippen LogP contribution in [0, 0.1) is 23.5 Å². The lowest BCUT2D eigenvalue weighted by molar-refractivity contribution is 0.172. The first-order chi connectivity index (χ1) is 12.2. The second-order valence-electron chi connectivity index (χ2n) is 7.23. The molecule has 1 aliphatic carbocycles. The number of halogens is 2. The van der Waals surface area contributed by atoms with Gasteiger partial charge in [-0.25, -0.2) is 0 Å². The minimum Gasteiger partial charge on any atom is -0.490 e. The van der Waals surface area contributed by atoms with E-state index in [9.17, 15) is 8.78 Å². The van der Waals surface area contributed by atoms with E-state index >= 15 is 0 Å². The molecule has 0 aromatic heterocycles. The summed E-state index contributed by atoms with van der Waals surface area (Å²) in [5, 5.41) is 0. The number of unbranched alkanes of at least 4 members (excludes halogenated alkanes) is 2. The third-order valence-corrected chi connectivity index (χ3v) is 5.17. The summed E-state index contributed by atoms with van der Waals surface area (Å²) in [6, 6.07) is 2.94. The molecule has 0 atom stereocenters. The van der Waals surface area contributed by atoms with Gasteiger partial charge in [-0.15, -0.1) is 0 Å². The van der Waals surface area contributed by atoms with E-state index in [1.165, 1.54) is 44.2 Å². The summed E-state index contributed by atoms with van der Waals surface area (Å²) in [4.78, 5) is 0. The Morgan fingerprint density at radius 1 is 0.840 bits per heavy atom. The standard InChI is InChI=1S/C21H32F2O2/c1-3-5-7-16-8-10-17(11-9-16)15-25-19-13-12-18(20(22)21(19)23)24-14-6-4-2/h12-13,16-17H,3-11,14-15H2,1-2H3. The number of benzene rings is 1. The molecule has 25 heavy (non-hydrogen) atoms. The minimum atomic E-state index is -0.947. The molecule has 0 saturated heterocycles. The molecule has 2 rings (SSSR count). The highest BCUT2D eigenvalue weighted by molar-refractivity contribution is 5.35. The first-order valence-corrected chi connectivity index (χ1v) is 9.89. The lowest BCUT2D eigenvalue weighted by Crippen LogP contribution is -2.20. The Balaban J connectivity index is 1.80. The van der Waals surface area contributed by atoms with Gasteiger partial charge in [0, 0.05) is 0 Å². The molecule has 1 aromatic rings. The maximum atomic E-state index is 14.1. The summed E-state index contributed by atoms with van der Waals surface area (Å²) in [6.07, 6.45) is 10.4. The Labute approximate surface area is 150 Å². The summed E-state index contributed by atoms with van der Waals surface area (Å²) < 4.78 is 39.1. The van der Waals surface area contributed by atoms with Crippen molar-refractivity contribution in [3.8, 4) is 11.5 Å². The molecule has 4 heteroatoms. The van der Waals surface area contributed by atoms with Gasteiger partial charge in [-0.05, 0) is 43.2 Å². The van der Waals surface area contributed by atoms with E-state index in [0.29, 0.717) is 19.1 Å². The third-order valence-electron chi connectivity index (χ3n) is 5.17. The van der Waals surface area contributed by atoms with Crippen LogP contribution in [0.1, 0.15) is 71.6 Å². The van der Waals surface area contributed by atoms with Crippen molar-refractivity contribution in [3.05, 3.63) is 23.8 Å². The normalized spacial score (nSPS) is 20.5. The van der Waals surface area contributed by atoms with Crippen molar-refractivity contribution in [2.75, 3.05) is 13.2 Å². The van der Waals surface area contributed by atoms with Gasteiger partial charge < -0.3 is 9.47 Å². The summed E-state index contributed by atoms with van der Waals surface area (Å²) in [5.41, 5.74) is 0. The van der Waals surface area contributed by atoms with E-state index in [1.807, 2.05) is 6.92 Å². The fraction of sp³-hybridized carbons (Fsp3) is 0.714. The molecular formula is C21H32F2O2. The van der Waals surface area contributed by atoms with Crippen molar-refractivity contribution in [1.82, 2.24) is 0 Å². The van der Waals surface area contributed by atoms with Crippen LogP contribution >= 0.6 is 0 Å². The van der Waals surface area contributed by atoms with Crippen LogP contribution in [0.15, 0.2) is 12.1 Å². The van der Waals surface area contributed by atoms with Crippen molar-refractivity contribution in [3.63, 3.8) is 0 Å². The van der Waals surface area contributed by atoms with E-state index in [2.05, 4.69) is 6.92 Å². The van der Waals surface area contributed by atoms with Gasteiger partial charge in [-0.3, -0.25) is 0 Å². The molecule has 2 nitrogen and oxygen atoms in total. The maximum Gasteiger partial charge on any atom is 0.204 e. The first kappa shape index (κ1) is 20.0. The molecule has 0 radical (unpaired) electrons. The van der Waals surface area contributed by atoms with Crippen molar-refractivity contribution in [1.29, 1.82) is 0 Å². The SMILES string of the molecule is CCCCOc1ccc(OCC2CCC(CCCC)CC2)c(F)c1F. The van der Waals surface area contributed by atoms with Crippen molar-refractivity contribution >= 4 is 0 Å². The largest absolute Gasteiger partial charge is 0.490 e. The highest BCUT2D eigenvalue weighted by Gasteiger charge is 2.22. The fourth-order valence-corrected chi connectivity index (χ4v) is 3.45. The van der Waals surface area contributed by atoms with Crippen LogP contribution in [0.3, 0.4) is 0 Å². The predicted octanol–water partition coefficient (Wildman–Crippen LogP) is 6.52. The molecule has 1 aliphatic rings. The predicted molar refractivity (Wildman–Crippen MR) is 97.2 cm³/mol. The van der Waals surface area contributed by atoms with E-state index in [4.69, 9.17) is 9.47 Å². The van der Waals surface area contributed by atoms with Crippen LogP contribution in [0.2, 0.25) is 0 Å². The molecular weight excluding hydrogens is 322 g/mol. The Morgan fingerprint density at radius 2 is 1.40 bits per heavy atom. The zero-order valence-electron chi connectivity index (χ0n) is 15.7. The topological polar surface area (TPSA) is 18.5 Å². The minimum absolute atomic E-state index is 0.00607. The Bertz CT molecular complexity index is 511. The van der Waals surface area contributed by atoms with Gasteiger partial charge in [0.1, 0.15) is 0 Å². The summed E-state index contributed by atoms with van der Waals surface area (Å²) in [6.45, 7) is 5.11. The van der Waals surface area contributed by atoms with Crippen LogP contribution in [0.25, 0.3) is 0 Å². The first-order valence-electron chi connectivity index (χ1n) is 9.89.